The monoisotopic (exact) mass is 232 g/mol. The van der Waals surface area contributed by atoms with Gasteiger partial charge in [0.15, 0.2) is 0 Å². The number of nitrogens with zero attached hydrogens (tertiary/aromatic N) is 1. The number of rotatable bonds is 2. The Bertz CT molecular complexity index is 538. The first-order valence-corrected chi connectivity index (χ1v) is 6.53. The molecule has 1 aromatic carbocycles. The van der Waals surface area contributed by atoms with Gasteiger partial charge in [-0.1, -0.05) is 12.1 Å². The van der Waals surface area contributed by atoms with Crippen molar-refractivity contribution in [2.75, 3.05) is 0 Å². The summed E-state index contributed by atoms with van der Waals surface area (Å²) in [5, 5.41) is 1.29. The summed E-state index contributed by atoms with van der Waals surface area (Å²) in [5.41, 5.74) is 8.90. The molecule has 0 radical (unpaired) electrons. The molecule has 0 saturated heterocycles. The molecule has 2 aromatic rings. The van der Waals surface area contributed by atoms with E-state index in [1.54, 1.807) is 11.5 Å². The van der Waals surface area contributed by atoms with E-state index in [1.165, 1.54) is 28.5 Å². The minimum absolute atomic E-state index is 0.249. The molecule has 1 aromatic heterocycles. The Morgan fingerprint density at radius 1 is 1.44 bits per heavy atom. The molecule has 0 spiro atoms. The van der Waals surface area contributed by atoms with Crippen LogP contribution in [0.3, 0.4) is 0 Å². The Labute approximate surface area is 99.6 Å². The van der Waals surface area contributed by atoms with Crippen LogP contribution in [0, 0.1) is 6.92 Å². The third kappa shape index (κ3) is 1.31. The molecule has 2 N–H and O–H groups in total. The average molecular weight is 232 g/mol. The molecule has 1 heterocycles. The van der Waals surface area contributed by atoms with Crippen molar-refractivity contribution in [2.24, 2.45) is 5.73 Å². The molecular weight excluding hydrogens is 216 g/mol. The van der Waals surface area contributed by atoms with Crippen molar-refractivity contribution >= 4 is 21.6 Å². The van der Waals surface area contributed by atoms with Gasteiger partial charge in [0.25, 0.3) is 0 Å². The predicted octanol–water partition coefficient (Wildman–Crippen LogP) is 2.98. The van der Waals surface area contributed by atoms with Crippen molar-refractivity contribution in [1.29, 1.82) is 0 Å². The van der Waals surface area contributed by atoms with Crippen LogP contribution < -0.4 is 5.73 Å². The fourth-order valence-electron chi connectivity index (χ4n) is 2.51. The summed E-state index contributed by atoms with van der Waals surface area (Å²) < 4.78 is 5.69. The second kappa shape index (κ2) is 3.28. The van der Waals surface area contributed by atoms with E-state index in [9.17, 15) is 0 Å². The summed E-state index contributed by atoms with van der Waals surface area (Å²) in [6, 6.07) is 6.97. The fraction of sp³-hybridized carbons (Fsp3) is 0.462. The van der Waals surface area contributed by atoms with Crippen LogP contribution in [-0.2, 0) is 5.41 Å². The summed E-state index contributed by atoms with van der Waals surface area (Å²) in [4.78, 5) is 0. The molecule has 1 aliphatic carbocycles. The molecule has 1 aliphatic rings. The molecule has 2 nitrogen and oxygen atoms in total. The first-order chi connectivity index (χ1) is 7.63. The number of aryl methyl sites for hydroxylation is 1. The molecule has 1 saturated carbocycles. The van der Waals surface area contributed by atoms with E-state index >= 15 is 0 Å². The van der Waals surface area contributed by atoms with Crippen LogP contribution in [0.1, 0.15) is 31.0 Å². The molecule has 3 rings (SSSR count). The average Bonchev–Trinajstić information content (AvgIpc) is 3.00. The SMILES string of the molecule is Cc1nsc2cc(C3(C(C)N)CC3)ccc12. The van der Waals surface area contributed by atoms with E-state index < -0.39 is 0 Å². The second-order valence-electron chi connectivity index (χ2n) is 4.92. The number of benzene rings is 1. The Balaban J connectivity index is 2.12. The van der Waals surface area contributed by atoms with Crippen molar-refractivity contribution in [3.8, 4) is 0 Å². The zero-order valence-electron chi connectivity index (χ0n) is 9.66. The smallest absolute Gasteiger partial charge is 0.0589 e. The van der Waals surface area contributed by atoms with Gasteiger partial charge in [0.1, 0.15) is 0 Å². The van der Waals surface area contributed by atoms with Gasteiger partial charge >= 0.3 is 0 Å². The van der Waals surface area contributed by atoms with Crippen molar-refractivity contribution in [2.45, 2.75) is 38.1 Å². The lowest BCUT2D eigenvalue weighted by molar-refractivity contribution is 0.557. The zero-order chi connectivity index (χ0) is 11.3. The molecule has 1 fully saturated rings. The summed E-state index contributed by atoms with van der Waals surface area (Å²) >= 11 is 1.59. The summed E-state index contributed by atoms with van der Waals surface area (Å²) in [5.74, 6) is 0. The lowest BCUT2D eigenvalue weighted by Crippen LogP contribution is -2.31. The van der Waals surface area contributed by atoms with Crippen molar-refractivity contribution < 1.29 is 0 Å². The third-order valence-electron chi connectivity index (χ3n) is 3.89. The second-order valence-corrected chi connectivity index (χ2v) is 5.73. The summed E-state index contributed by atoms with van der Waals surface area (Å²) in [6.45, 7) is 4.19. The van der Waals surface area contributed by atoms with E-state index in [0.717, 1.165) is 5.69 Å². The lowest BCUT2D eigenvalue weighted by Gasteiger charge is -2.19. The molecular formula is C13H16N2S. The highest BCUT2D eigenvalue weighted by Gasteiger charge is 2.47. The number of hydrogen-bond acceptors (Lipinski definition) is 3. The summed E-state index contributed by atoms with van der Waals surface area (Å²) in [6.07, 6.45) is 2.46. The highest BCUT2D eigenvalue weighted by Crippen LogP contribution is 2.50. The molecule has 3 heteroatoms. The number of aromatic nitrogens is 1. The standard InChI is InChI=1S/C13H16N2S/c1-8-11-4-3-10(7-12(11)16-15-8)13(5-6-13)9(2)14/h3-4,7,9H,5-6,14H2,1-2H3. The van der Waals surface area contributed by atoms with E-state index in [1.807, 2.05) is 0 Å². The van der Waals surface area contributed by atoms with E-state index in [4.69, 9.17) is 5.73 Å². The van der Waals surface area contributed by atoms with E-state index in [-0.39, 0.29) is 11.5 Å². The van der Waals surface area contributed by atoms with Gasteiger partial charge < -0.3 is 5.73 Å². The van der Waals surface area contributed by atoms with Crippen LogP contribution in [-0.4, -0.2) is 10.4 Å². The van der Waals surface area contributed by atoms with Gasteiger partial charge in [-0.25, -0.2) is 0 Å². The molecule has 1 atom stereocenters. The van der Waals surface area contributed by atoms with Gasteiger partial charge in [0, 0.05) is 16.8 Å². The largest absolute Gasteiger partial charge is 0.327 e. The maximum atomic E-state index is 6.10. The van der Waals surface area contributed by atoms with Gasteiger partial charge in [-0.15, -0.1) is 0 Å². The lowest BCUT2D eigenvalue weighted by atomic mass is 9.89. The predicted molar refractivity (Wildman–Crippen MR) is 68.9 cm³/mol. The van der Waals surface area contributed by atoms with Gasteiger partial charge in [-0.3, -0.25) is 0 Å². The van der Waals surface area contributed by atoms with Gasteiger partial charge in [0.05, 0.1) is 10.4 Å². The molecule has 0 bridgehead atoms. The third-order valence-corrected chi connectivity index (χ3v) is 4.79. The van der Waals surface area contributed by atoms with Crippen LogP contribution in [0.5, 0.6) is 0 Å². The Morgan fingerprint density at radius 2 is 2.19 bits per heavy atom. The first kappa shape index (κ1) is 10.2. The number of hydrogen-bond donors (Lipinski definition) is 1. The van der Waals surface area contributed by atoms with Crippen molar-refractivity contribution in [3.05, 3.63) is 29.5 Å². The van der Waals surface area contributed by atoms with Crippen LogP contribution in [0.2, 0.25) is 0 Å². The highest BCUT2D eigenvalue weighted by atomic mass is 32.1. The van der Waals surface area contributed by atoms with Crippen molar-refractivity contribution in [3.63, 3.8) is 0 Å². The van der Waals surface area contributed by atoms with Gasteiger partial charge in [0.2, 0.25) is 0 Å². The maximum absolute atomic E-state index is 6.10. The number of fused-ring (bicyclic) bond motifs is 1. The zero-order valence-corrected chi connectivity index (χ0v) is 10.5. The van der Waals surface area contributed by atoms with Gasteiger partial charge in [-0.05, 0) is 49.9 Å². The molecule has 0 amide bonds. The van der Waals surface area contributed by atoms with Crippen LogP contribution >= 0.6 is 11.5 Å². The maximum Gasteiger partial charge on any atom is 0.0589 e. The Morgan fingerprint density at radius 3 is 2.81 bits per heavy atom. The normalized spacial score (nSPS) is 19.9. The van der Waals surface area contributed by atoms with Crippen LogP contribution in [0.15, 0.2) is 18.2 Å². The first-order valence-electron chi connectivity index (χ1n) is 5.75. The fourth-order valence-corrected chi connectivity index (χ4v) is 3.34. The van der Waals surface area contributed by atoms with Crippen LogP contribution in [0.4, 0.5) is 0 Å². The number of nitrogens with two attached hydrogens (primary N) is 1. The molecule has 84 valence electrons. The topological polar surface area (TPSA) is 38.9 Å². The van der Waals surface area contributed by atoms with Crippen LogP contribution in [0.25, 0.3) is 10.1 Å². The highest BCUT2D eigenvalue weighted by molar-refractivity contribution is 7.13. The minimum Gasteiger partial charge on any atom is -0.327 e. The summed E-state index contributed by atoms with van der Waals surface area (Å²) in [7, 11) is 0. The van der Waals surface area contributed by atoms with E-state index in [2.05, 4.69) is 36.4 Å². The van der Waals surface area contributed by atoms with Crippen molar-refractivity contribution in [1.82, 2.24) is 4.37 Å². The quantitative estimate of drug-likeness (QED) is 0.864. The molecule has 1 unspecified atom stereocenters. The molecule has 0 aliphatic heterocycles. The minimum atomic E-state index is 0.249. The Hall–Kier alpha value is -0.930. The van der Waals surface area contributed by atoms with E-state index in [0.29, 0.717) is 0 Å². The Kier molecular flexibility index (Phi) is 2.10. The molecule has 16 heavy (non-hydrogen) atoms. The van der Waals surface area contributed by atoms with Gasteiger partial charge in [-0.2, -0.15) is 4.37 Å².